The predicted octanol–water partition coefficient (Wildman–Crippen LogP) is 1.69. The molecule has 1 amide bonds. The van der Waals surface area contributed by atoms with E-state index in [1.807, 2.05) is 13.8 Å². The van der Waals surface area contributed by atoms with Gasteiger partial charge in [0, 0.05) is 6.04 Å². The highest BCUT2D eigenvalue weighted by Gasteiger charge is 2.22. The molecule has 0 bridgehead atoms. The number of nitrogens with two attached hydrogens (primary N) is 1. The first-order valence-corrected chi connectivity index (χ1v) is 6.40. The van der Waals surface area contributed by atoms with Gasteiger partial charge in [0.2, 0.25) is 0 Å². The molecule has 4 N–H and O–H groups in total. The van der Waals surface area contributed by atoms with Gasteiger partial charge in [-0.2, -0.15) is 0 Å². The lowest BCUT2D eigenvalue weighted by Crippen LogP contribution is -2.41. The van der Waals surface area contributed by atoms with Gasteiger partial charge in [0.1, 0.15) is 10.7 Å². The van der Waals surface area contributed by atoms with Gasteiger partial charge >= 0.3 is 0 Å². The van der Waals surface area contributed by atoms with E-state index in [4.69, 9.17) is 12.2 Å². The lowest BCUT2D eigenvalue weighted by atomic mass is 10.1. The molecular formula is C12H18N4OS. The van der Waals surface area contributed by atoms with Crippen molar-refractivity contribution < 1.29 is 4.79 Å². The number of carbonyl (C=O) groups is 1. The molecule has 0 saturated heterocycles. The third-order valence-electron chi connectivity index (χ3n) is 2.06. The number of thiazole rings is 1. The van der Waals surface area contributed by atoms with Gasteiger partial charge in [-0.25, -0.2) is 4.98 Å². The zero-order valence-corrected chi connectivity index (χ0v) is 11.8. The van der Waals surface area contributed by atoms with Gasteiger partial charge in [0.15, 0.2) is 5.13 Å². The van der Waals surface area contributed by atoms with E-state index >= 15 is 0 Å². The molecular weight excluding hydrogens is 248 g/mol. The summed E-state index contributed by atoms with van der Waals surface area (Å²) in [6.45, 7) is 7.46. The number of hydrogen-bond donors (Lipinski definition) is 3. The Hall–Kier alpha value is -1.74. The molecule has 18 heavy (non-hydrogen) atoms. The molecule has 6 heteroatoms. The summed E-state index contributed by atoms with van der Waals surface area (Å²) < 4.78 is 0. The van der Waals surface area contributed by atoms with Crippen LogP contribution in [-0.2, 0) is 0 Å². The van der Waals surface area contributed by atoms with Crippen molar-refractivity contribution in [2.24, 2.45) is 0 Å². The number of amides is 1. The fourth-order valence-corrected chi connectivity index (χ4v) is 2.11. The van der Waals surface area contributed by atoms with Crippen molar-refractivity contribution in [3.63, 3.8) is 0 Å². The Bertz CT molecular complexity index is 485. The third-order valence-corrected chi connectivity index (χ3v) is 3.06. The summed E-state index contributed by atoms with van der Waals surface area (Å²) in [5, 5.41) is 6.45. The minimum absolute atomic E-state index is 0.216. The van der Waals surface area contributed by atoms with Gasteiger partial charge < -0.3 is 16.4 Å². The van der Waals surface area contributed by atoms with Crippen molar-refractivity contribution in [3.8, 4) is 12.3 Å². The van der Waals surface area contributed by atoms with Crippen molar-refractivity contribution >= 4 is 28.2 Å². The molecule has 0 saturated carbocycles. The molecule has 0 aromatic carbocycles. The van der Waals surface area contributed by atoms with E-state index in [1.165, 1.54) is 11.3 Å². The van der Waals surface area contributed by atoms with Gasteiger partial charge in [-0.3, -0.25) is 4.79 Å². The molecule has 0 unspecified atom stereocenters. The van der Waals surface area contributed by atoms with Crippen LogP contribution in [0.25, 0.3) is 0 Å². The van der Waals surface area contributed by atoms with Gasteiger partial charge in [-0.05, 0) is 27.7 Å². The number of nitrogen functional groups attached to an aromatic ring is 1. The van der Waals surface area contributed by atoms with Gasteiger partial charge in [-0.15, -0.1) is 6.42 Å². The average molecular weight is 266 g/mol. The van der Waals surface area contributed by atoms with Crippen molar-refractivity contribution in [3.05, 3.63) is 4.88 Å². The summed E-state index contributed by atoms with van der Waals surface area (Å²) in [7, 11) is 0. The van der Waals surface area contributed by atoms with Crippen LogP contribution in [0.3, 0.4) is 0 Å². The van der Waals surface area contributed by atoms with Crippen LogP contribution in [0.1, 0.15) is 37.4 Å². The maximum absolute atomic E-state index is 12.0. The normalized spacial score (nSPS) is 11.1. The number of nitrogens with zero attached hydrogens (tertiary/aromatic N) is 1. The summed E-state index contributed by atoms with van der Waals surface area (Å²) in [5.41, 5.74) is 5.02. The Labute approximate surface area is 111 Å². The second kappa shape index (κ2) is 5.27. The number of anilines is 2. The minimum atomic E-state index is -0.709. The van der Waals surface area contributed by atoms with Crippen LogP contribution in [-0.4, -0.2) is 22.5 Å². The molecule has 0 spiro atoms. The summed E-state index contributed by atoms with van der Waals surface area (Å²) >= 11 is 1.22. The smallest absolute Gasteiger partial charge is 0.266 e. The molecule has 0 radical (unpaired) electrons. The second-order valence-corrected chi connectivity index (χ2v) is 5.75. The van der Waals surface area contributed by atoms with E-state index in [0.717, 1.165) is 0 Å². The maximum atomic E-state index is 12.0. The highest BCUT2D eigenvalue weighted by Crippen LogP contribution is 2.25. The first-order chi connectivity index (χ1) is 8.25. The number of hydrogen-bond acceptors (Lipinski definition) is 5. The maximum Gasteiger partial charge on any atom is 0.266 e. The third kappa shape index (κ3) is 3.64. The monoisotopic (exact) mass is 266 g/mol. The zero-order chi connectivity index (χ0) is 13.9. The Balaban J connectivity index is 2.87. The number of carbonyl (C=O) groups excluding carboxylic acids is 1. The first kappa shape index (κ1) is 14.3. The molecule has 98 valence electrons. The Morgan fingerprint density at radius 1 is 1.56 bits per heavy atom. The summed E-state index contributed by atoms with van der Waals surface area (Å²) in [6.07, 6.45) is 5.32. The highest BCUT2D eigenvalue weighted by molar-refractivity contribution is 7.18. The summed E-state index contributed by atoms with van der Waals surface area (Å²) in [5.74, 6) is 2.41. The Kier molecular flexibility index (Phi) is 4.19. The zero-order valence-electron chi connectivity index (χ0n) is 11.0. The van der Waals surface area contributed by atoms with E-state index < -0.39 is 5.54 Å². The number of nitrogens with one attached hydrogen (secondary N) is 2. The van der Waals surface area contributed by atoms with Gasteiger partial charge in [-0.1, -0.05) is 17.3 Å². The molecule has 1 aromatic heterocycles. The minimum Gasteiger partial charge on any atom is -0.382 e. The molecule has 0 aliphatic carbocycles. The van der Waals surface area contributed by atoms with Crippen LogP contribution in [0, 0.1) is 12.3 Å². The summed E-state index contributed by atoms with van der Waals surface area (Å²) in [4.78, 5) is 16.5. The lowest BCUT2D eigenvalue weighted by Gasteiger charge is -2.18. The Morgan fingerprint density at radius 2 is 2.17 bits per heavy atom. The number of terminal acetylenes is 1. The average Bonchev–Trinajstić information content (AvgIpc) is 2.58. The number of rotatable bonds is 4. The number of aromatic nitrogens is 1. The van der Waals surface area contributed by atoms with Crippen LogP contribution >= 0.6 is 11.3 Å². The van der Waals surface area contributed by atoms with Crippen LogP contribution in [0.2, 0.25) is 0 Å². The van der Waals surface area contributed by atoms with Crippen molar-refractivity contribution in [2.75, 3.05) is 11.1 Å². The van der Waals surface area contributed by atoms with Gasteiger partial charge in [0.25, 0.3) is 5.91 Å². The standard InChI is InChI=1S/C12H18N4OS/c1-6-12(4,5)16-10(17)8-9(13)15-11(18-8)14-7(2)3/h1,7H,13H2,2-5H3,(H,14,15)(H,16,17). The van der Waals surface area contributed by atoms with Crippen molar-refractivity contribution in [1.82, 2.24) is 10.3 Å². The van der Waals surface area contributed by atoms with Crippen LogP contribution in [0.5, 0.6) is 0 Å². The first-order valence-electron chi connectivity index (χ1n) is 5.58. The predicted molar refractivity (Wildman–Crippen MR) is 75.7 cm³/mol. The van der Waals surface area contributed by atoms with Crippen LogP contribution in [0.4, 0.5) is 10.9 Å². The Morgan fingerprint density at radius 3 is 2.67 bits per heavy atom. The van der Waals surface area contributed by atoms with E-state index in [0.29, 0.717) is 10.0 Å². The molecule has 1 rings (SSSR count). The van der Waals surface area contributed by atoms with Crippen molar-refractivity contribution in [2.45, 2.75) is 39.3 Å². The van der Waals surface area contributed by atoms with Crippen LogP contribution < -0.4 is 16.4 Å². The van der Waals surface area contributed by atoms with E-state index in [9.17, 15) is 4.79 Å². The topological polar surface area (TPSA) is 80.0 Å². The van der Waals surface area contributed by atoms with Gasteiger partial charge in [0.05, 0.1) is 5.54 Å². The molecule has 5 nitrogen and oxygen atoms in total. The lowest BCUT2D eigenvalue weighted by molar-refractivity contribution is 0.0934. The van der Waals surface area contributed by atoms with Crippen LogP contribution in [0.15, 0.2) is 0 Å². The fourth-order valence-electron chi connectivity index (χ4n) is 1.18. The second-order valence-electron chi connectivity index (χ2n) is 4.76. The van der Waals surface area contributed by atoms with E-state index in [2.05, 4.69) is 21.5 Å². The largest absolute Gasteiger partial charge is 0.382 e. The fraction of sp³-hybridized carbons (Fsp3) is 0.500. The summed E-state index contributed by atoms with van der Waals surface area (Å²) in [6, 6.07) is 0.230. The quantitative estimate of drug-likeness (QED) is 0.724. The molecule has 0 aliphatic rings. The van der Waals surface area contributed by atoms with E-state index in [1.54, 1.807) is 13.8 Å². The highest BCUT2D eigenvalue weighted by atomic mass is 32.1. The molecule has 1 heterocycles. The SMILES string of the molecule is C#CC(C)(C)NC(=O)c1sc(NC(C)C)nc1N. The van der Waals surface area contributed by atoms with E-state index in [-0.39, 0.29) is 17.8 Å². The molecule has 0 atom stereocenters. The van der Waals surface area contributed by atoms with Crippen molar-refractivity contribution in [1.29, 1.82) is 0 Å². The molecule has 0 aliphatic heterocycles. The molecule has 1 aromatic rings. The molecule has 0 fully saturated rings.